The molecule has 0 aliphatic heterocycles. The second-order valence-corrected chi connectivity index (χ2v) is 2.26. The second-order valence-electron chi connectivity index (χ2n) is 1.89. The Hall–Kier alpha value is -0.500. The summed E-state index contributed by atoms with van der Waals surface area (Å²) in [5.74, 6) is 0.666. The lowest BCUT2D eigenvalue weighted by Gasteiger charge is -1.95. The highest BCUT2D eigenvalue weighted by molar-refractivity contribution is 6.17. The maximum absolute atomic E-state index is 5.52. The molecule has 0 atom stereocenters. The summed E-state index contributed by atoms with van der Waals surface area (Å²) >= 11 is 5.52. The lowest BCUT2D eigenvalue weighted by molar-refractivity contribution is 0.719. The molecule has 3 heteroatoms. The van der Waals surface area contributed by atoms with Gasteiger partial charge in [0.25, 0.3) is 0 Å². The van der Waals surface area contributed by atoms with Gasteiger partial charge in [-0.3, -0.25) is 4.68 Å². The highest BCUT2D eigenvalue weighted by atomic mass is 35.5. The molecule has 1 aromatic rings. The number of rotatable bonds is 2. The average molecular weight is 145 g/mol. The summed E-state index contributed by atoms with van der Waals surface area (Å²) in [6.45, 7) is 0. The van der Waals surface area contributed by atoms with Crippen molar-refractivity contribution in [3.8, 4) is 0 Å². The highest BCUT2D eigenvalue weighted by Gasteiger charge is 1.94. The zero-order valence-corrected chi connectivity index (χ0v) is 6.10. The Kier molecular flexibility index (Phi) is 2.11. The van der Waals surface area contributed by atoms with Gasteiger partial charge in [-0.1, -0.05) is 0 Å². The molecule has 9 heavy (non-hydrogen) atoms. The monoisotopic (exact) mass is 144 g/mol. The second kappa shape index (κ2) is 2.87. The van der Waals surface area contributed by atoms with Crippen LogP contribution in [0.1, 0.15) is 5.69 Å². The molecular weight excluding hydrogens is 136 g/mol. The first-order chi connectivity index (χ1) is 4.34. The van der Waals surface area contributed by atoms with Gasteiger partial charge >= 0.3 is 0 Å². The molecule has 0 N–H and O–H groups in total. The largest absolute Gasteiger partial charge is 0.273 e. The standard InChI is InChI=1S/C6H9ClN2/c1-9-6(2-4-7)3-5-8-9/h3,5H,2,4H2,1H3. The third kappa shape index (κ3) is 1.45. The topological polar surface area (TPSA) is 17.8 Å². The molecule has 0 saturated carbocycles. The van der Waals surface area contributed by atoms with E-state index in [1.807, 2.05) is 17.8 Å². The molecule has 1 heterocycles. The minimum absolute atomic E-state index is 0.666. The Bertz CT molecular complexity index is 183. The molecule has 1 aromatic heterocycles. The van der Waals surface area contributed by atoms with Gasteiger partial charge in [0.15, 0.2) is 0 Å². The summed E-state index contributed by atoms with van der Waals surface area (Å²) in [5, 5.41) is 3.99. The first-order valence-corrected chi connectivity index (χ1v) is 3.41. The molecular formula is C6H9ClN2. The maximum atomic E-state index is 5.52. The van der Waals surface area contributed by atoms with Crippen LogP contribution < -0.4 is 0 Å². The minimum Gasteiger partial charge on any atom is -0.273 e. The van der Waals surface area contributed by atoms with Gasteiger partial charge in [-0.05, 0) is 6.07 Å². The Labute approximate surface area is 59.4 Å². The molecule has 0 saturated heterocycles. The van der Waals surface area contributed by atoms with E-state index in [9.17, 15) is 0 Å². The van der Waals surface area contributed by atoms with Crippen molar-refractivity contribution in [2.45, 2.75) is 6.42 Å². The lowest BCUT2D eigenvalue weighted by Crippen LogP contribution is -1.97. The van der Waals surface area contributed by atoms with Crippen LogP contribution in [-0.4, -0.2) is 15.7 Å². The molecule has 2 nitrogen and oxygen atoms in total. The van der Waals surface area contributed by atoms with Crippen molar-refractivity contribution in [1.82, 2.24) is 9.78 Å². The smallest absolute Gasteiger partial charge is 0.0492 e. The summed E-state index contributed by atoms with van der Waals surface area (Å²) < 4.78 is 1.84. The molecule has 50 valence electrons. The number of nitrogens with zero attached hydrogens (tertiary/aromatic N) is 2. The number of alkyl halides is 1. The van der Waals surface area contributed by atoms with Crippen molar-refractivity contribution < 1.29 is 0 Å². The molecule has 0 spiro atoms. The predicted octanol–water partition coefficient (Wildman–Crippen LogP) is 1.20. The summed E-state index contributed by atoms with van der Waals surface area (Å²) in [6.07, 6.45) is 2.68. The zero-order valence-electron chi connectivity index (χ0n) is 5.34. The quantitative estimate of drug-likeness (QED) is 0.571. The van der Waals surface area contributed by atoms with Gasteiger partial charge in [0.05, 0.1) is 0 Å². The first kappa shape index (κ1) is 6.62. The van der Waals surface area contributed by atoms with E-state index in [1.165, 1.54) is 5.69 Å². The fraction of sp³-hybridized carbons (Fsp3) is 0.500. The van der Waals surface area contributed by atoms with Crippen LogP contribution >= 0.6 is 11.6 Å². The average Bonchev–Trinajstić information content (AvgIpc) is 2.18. The van der Waals surface area contributed by atoms with E-state index in [4.69, 9.17) is 11.6 Å². The van der Waals surface area contributed by atoms with Gasteiger partial charge in [-0.2, -0.15) is 5.10 Å². The summed E-state index contributed by atoms with van der Waals surface area (Å²) in [6, 6.07) is 1.97. The molecule has 0 amide bonds. The molecule has 0 aromatic carbocycles. The van der Waals surface area contributed by atoms with Crippen molar-refractivity contribution in [2.24, 2.45) is 7.05 Å². The van der Waals surface area contributed by atoms with Crippen molar-refractivity contribution in [2.75, 3.05) is 5.88 Å². The molecule has 0 unspecified atom stereocenters. The van der Waals surface area contributed by atoms with Gasteiger partial charge in [0.2, 0.25) is 0 Å². The summed E-state index contributed by atoms with van der Waals surface area (Å²) in [7, 11) is 1.92. The Balaban J connectivity index is 2.69. The van der Waals surface area contributed by atoms with Crippen LogP contribution in [0.4, 0.5) is 0 Å². The molecule has 0 aliphatic carbocycles. The number of halogens is 1. The normalized spacial score (nSPS) is 10.0. The predicted molar refractivity (Wildman–Crippen MR) is 37.6 cm³/mol. The van der Waals surface area contributed by atoms with Crippen LogP contribution in [0.2, 0.25) is 0 Å². The van der Waals surface area contributed by atoms with Gasteiger partial charge in [0.1, 0.15) is 0 Å². The third-order valence-electron chi connectivity index (χ3n) is 1.27. The van der Waals surface area contributed by atoms with Gasteiger partial charge < -0.3 is 0 Å². The molecule has 0 aliphatic rings. The first-order valence-electron chi connectivity index (χ1n) is 2.87. The van der Waals surface area contributed by atoms with Gasteiger partial charge in [-0.15, -0.1) is 11.6 Å². The Morgan fingerprint density at radius 3 is 3.00 bits per heavy atom. The van der Waals surface area contributed by atoms with Crippen LogP contribution in [0.3, 0.4) is 0 Å². The fourth-order valence-corrected chi connectivity index (χ4v) is 0.937. The van der Waals surface area contributed by atoms with E-state index < -0.39 is 0 Å². The van der Waals surface area contributed by atoms with Crippen LogP contribution in [0.15, 0.2) is 12.3 Å². The number of aromatic nitrogens is 2. The van der Waals surface area contributed by atoms with Gasteiger partial charge in [0, 0.05) is 31.2 Å². The number of hydrogen-bond donors (Lipinski definition) is 0. The lowest BCUT2D eigenvalue weighted by atomic mass is 10.3. The summed E-state index contributed by atoms with van der Waals surface area (Å²) in [5.41, 5.74) is 1.19. The van der Waals surface area contributed by atoms with Crippen LogP contribution in [0.25, 0.3) is 0 Å². The van der Waals surface area contributed by atoms with Crippen molar-refractivity contribution >= 4 is 11.6 Å². The van der Waals surface area contributed by atoms with Crippen LogP contribution in [0, 0.1) is 0 Å². The van der Waals surface area contributed by atoms with Crippen molar-refractivity contribution in [1.29, 1.82) is 0 Å². The van der Waals surface area contributed by atoms with E-state index >= 15 is 0 Å². The third-order valence-corrected chi connectivity index (χ3v) is 1.46. The minimum atomic E-state index is 0.666. The fourth-order valence-electron chi connectivity index (χ4n) is 0.743. The summed E-state index contributed by atoms with van der Waals surface area (Å²) in [4.78, 5) is 0. The van der Waals surface area contributed by atoms with Crippen molar-refractivity contribution in [3.63, 3.8) is 0 Å². The zero-order chi connectivity index (χ0) is 6.69. The Morgan fingerprint density at radius 1 is 1.78 bits per heavy atom. The SMILES string of the molecule is Cn1nccc1CCCl. The van der Waals surface area contributed by atoms with E-state index in [0.717, 1.165) is 6.42 Å². The molecule has 0 fully saturated rings. The number of hydrogen-bond acceptors (Lipinski definition) is 1. The van der Waals surface area contributed by atoms with E-state index in [0.29, 0.717) is 5.88 Å². The van der Waals surface area contributed by atoms with Crippen LogP contribution in [0.5, 0.6) is 0 Å². The van der Waals surface area contributed by atoms with Gasteiger partial charge in [-0.25, -0.2) is 0 Å². The van der Waals surface area contributed by atoms with Crippen molar-refractivity contribution in [3.05, 3.63) is 18.0 Å². The Morgan fingerprint density at radius 2 is 2.56 bits per heavy atom. The number of aryl methyl sites for hydroxylation is 2. The van der Waals surface area contributed by atoms with E-state index in [1.54, 1.807) is 6.20 Å². The highest BCUT2D eigenvalue weighted by Crippen LogP contribution is 1.97. The molecule has 1 rings (SSSR count). The van der Waals surface area contributed by atoms with E-state index in [-0.39, 0.29) is 0 Å². The maximum Gasteiger partial charge on any atom is 0.0492 e. The van der Waals surface area contributed by atoms with Crippen LogP contribution in [-0.2, 0) is 13.5 Å². The molecule has 0 bridgehead atoms. The molecule has 0 radical (unpaired) electrons. The van der Waals surface area contributed by atoms with E-state index in [2.05, 4.69) is 5.10 Å².